The first kappa shape index (κ1) is 15.7. The summed E-state index contributed by atoms with van der Waals surface area (Å²) >= 11 is 3.36. The van der Waals surface area contributed by atoms with Crippen molar-refractivity contribution in [3.05, 3.63) is 34.3 Å². The van der Waals surface area contributed by atoms with E-state index in [1.807, 2.05) is 24.3 Å². The van der Waals surface area contributed by atoms with Crippen molar-refractivity contribution in [2.75, 3.05) is 12.0 Å². The molecule has 0 radical (unpaired) electrons. The van der Waals surface area contributed by atoms with Crippen molar-refractivity contribution < 1.29 is 13.5 Å². The number of rotatable bonds is 6. The molecule has 0 saturated carbocycles. The predicted molar refractivity (Wildman–Crippen MR) is 77.4 cm³/mol. The van der Waals surface area contributed by atoms with Crippen LogP contribution in [0.2, 0.25) is 0 Å². The number of aliphatic hydroxyl groups is 1. The Bertz CT molecular complexity index is 477. The van der Waals surface area contributed by atoms with E-state index in [0.717, 1.165) is 10.0 Å². The van der Waals surface area contributed by atoms with Gasteiger partial charge in [-0.2, -0.15) is 0 Å². The summed E-state index contributed by atoms with van der Waals surface area (Å²) in [6.07, 6.45) is 2.72. The Labute approximate surface area is 117 Å². The maximum absolute atomic E-state index is 11.0. The van der Waals surface area contributed by atoms with Crippen LogP contribution >= 0.6 is 15.9 Å². The van der Waals surface area contributed by atoms with Crippen LogP contribution < -0.4 is 0 Å². The molecule has 1 aromatic rings. The van der Waals surface area contributed by atoms with Crippen molar-refractivity contribution in [1.29, 1.82) is 0 Å². The van der Waals surface area contributed by atoms with Gasteiger partial charge in [0.2, 0.25) is 0 Å². The first-order valence-corrected chi connectivity index (χ1v) is 8.68. The van der Waals surface area contributed by atoms with E-state index in [4.69, 9.17) is 0 Å². The van der Waals surface area contributed by atoms with Crippen LogP contribution in [0.3, 0.4) is 0 Å². The zero-order chi connectivity index (χ0) is 13.8. The van der Waals surface area contributed by atoms with E-state index in [9.17, 15) is 13.5 Å². The molecule has 3 nitrogen and oxygen atoms in total. The molecule has 1 aromatic carbocycles. The molecule has 0 heterocycles. The van der Waals surface area contributed by atoms with Gasteiger partial charge in [-0.1, -0.05) is 28.1 Å². The molecule has 0 aliphatic rings. The summed E-state index contributed by atoms with van der Waals surface area (Å²) in [6, 6.07) is 7.77. The third-order valence-corrected chi connectivity index (χ3v) is 4.29. The standard InChI is InChI=1S/C13H19BrO3S/c1-13(15,8-3-9-18(2,16)17)10-11-4-6-12(14)7-5-11/h4-7,15H,3,8-10H2,1-2H3. The lowest BCUT2D eigenvalue weighted by Crippen LogP contribution is -2.27. The first-order valence-electron chi connectivity index (χ1n) is 5.82. The molecule has 0 amide bonds. The molecule has 102 valence electrons. The summed E-state index contributed by atoms with van der Waals surface area (Å²) in [5.41, 5.74) is 0.181. The van der Waals surface area contributed by atoms with Crippen LogP contribution in [0.15, 0.2) is 28.7 Å². The molecule has 1 rings (SSSR count). The summed E-state index contributed by atoms with van der Waals surface area (Å²) in [6.45, 7) is 1.75. The van der Waals surface area contributed by atoms with Crippen LogP contribution in [0.4, 0.5) is 0 Å². The largest absolute Gasteiger partial charge is 0.390 e. The van der Waals surface area contributed by atoms with Crippen LogP contribution in [-0.4, -0.2) is 31.1 Å². The minimum Gasteiger partial charge on any atom is -0.390 e. The molecule has 18 heavy (non-hydrogen) atoms. The molecule has 1 unspecified atom stereocenters. The van der Waals surface area contributed by atoms with Crippen molar-refractivity contribution in [3.63, 3.8) is 0 Å². The van der Waals surface area contributed by atoms with Crippen molar-refractivity contribution in [3.8, 4) is 0 Å². The lowest BCUT2D eigenvalue weighted by atomic mass is 9.92. The fourth-order valence-electron chi connectivity index (χ4n) is 1.85. The van der Waals surface area contributed by atoms with E-state index in [1.54, 1.807) is 6.92 Å². The highest BCUT2D eigenvalue weighted by atomic mass is 79.9. The van der Waals surface area contributed by atoms with Crippen molar-refractivity contribution >= 4 is 25.8 Å². The van der Waals surface area contributed by atoms with Gasteiger partial charge in [0.05, 0.1) is 5.60 Å². The maximum atomic E-state index is 11.0. The van der Waals surface area contributed by atoms with Crippen LogP contribution in [-0.2, 0) is 16.3 Å². The zero-order valence-electron chi connectivity index (χ0n) is 10.7. The van der Waals surface area contributed by atoms with Gasteiger partial charge in [0, 0.05) is 22.9 Å². The fraction of sp³-hybridized carbons (Fsp3) is 0.538. The van der Waals surface area contributed by atoms with E-state index < -0.39 is 15.4 Å². The Balaban J connectivity index is 2.51. The monoisotopic (exact) mass is 334 g/mol. The third kappa shape index (κ3) is 6.52. The van der Waals surface area contributed by atoms with E-state index in [0.29, 0.717) is 19.3 Å². The van der Waals surface area contributed by atoms with Crippen molar-refractivity contribution in [2.24, 2.45) is 0 Å². The van der Waals surface area contributed by atoms with Gasteiger partial charge in [-0.3, -0.25) is 0 Å². The van der Waals surface area contributed by atoms with Crippen molar-refractivity contribution in [2.45, 2.75) is 31.8 Å². The first-order chi connectivity index (χ1) is 8.18. The summed E-state index contributed by atoms with van der Waals surface area (Å²) in [4.78, 5) is 0. The van der Waals surface area contributed by atoms with Crippen LogP contribution in [0.25, 0.3) is 0 Å². The molecule has 0 aliphatic heterocycles. The highest BCUT2D eigenvalue weighted by Gasteiger charge is 2.21. The normalized spacial score (nSPS) is 15.3. The Kier molecular flexibility index (Phi) is 5.37. The molecule has 1 atom stereocenters. The fourth-order valence-corrected chi connectivity index (χ4v) is 2.78. The minimum absolute atomic E-state index is 0.128. The summed E-state index contributed by atoms with van der Waals surface area (Å²) in [5.74, 6) is 0.128. The molecule has 0 spiro atoms. The summed E-state index contributed by atoms with van der Waals surface area (Å²) in [5, 5.41) is 10.2. The maximum Gasteiger partial charge on any atom is 0.147 e. The molecule has 0 aromatic heterocycles. The quantitative estimate of drug-likeness (QED) is 0.869. The van der Waals surface area contributed by atoms with Gasteiger partial charge in [0.1, 0.15) is 9.84 Å². The van der Waals surface area contributed by atoms with E-state index in [1.165, 1.54) is 6.26 Å². The highest BCUT2D eigenvalue weighted by Crippen LogP contribution is 2.20. The number of hydrogen-bond acceptors (Lipinski definition) is 3. The molecular formula is C13H19BrO3S. The van der Waals surface area contributed by atoms with E-state index in [2.05, 4.69) is 15.9 Å². The number of halogens is 1. The van der Waals surface area contributed by atoms with Crippen molar-refractivity contribution in [1.82, 2.24) is 0 Å². The van der Waals surface area contributed by atoms with Gasteiger partial charge in [0.25, 0.3) is 0 Å². The van der Waals surface area contributed by atoms with Gasteiger partial charge in [-0.15, -0.1) is 0 Å². The second-order valence-corrected chi connectivity index (χ2v) is 8.21. The molecule has 1 N–H and O–H groups in total. The van der Waals surface area contributed by atoms with Crippen LogP contribution in [0.1, 0.15) is 25.3 Å². The number of benzene rings is 1. The third-order valence-electron chi connectivity index (χ3n) is 2.73. The number of hydrogen-bond donors (Lipinski definition) is 1. The highest BCUT2D eigenvalue weighted by molar-refractivity contribution is 9.10. The molecular weight excluding hydrogens is 316 g/mol. The molecule has 0 fully saturated rings. The van der Waals surface area contributed by atoms with Gasteiger partial charge in [-0.25, -0.2) is 8.42 Å². The Morgan fingerprint density at radius 1 is 1.28 bits per heavy atom. The molecule has 0 saturated heterocycles. The van der Waals surface area contributed by atoms with Gasteiger partial charge >= 0.3 is 0 Å². The predicted octanol–water partition coefficient (Wildman–Crippen LogP) is 2.57. The SMILES string of the molecule is CC(O)(CCCS(C)(=O)=O)Cc1ccc(Br)cc1. The Morgan fingerprint density at radius 2 is 1.83 bits per heavy atom. The van der Waals surface area contributed by atoms with Gasteiger partial charge in [-0.05, 0) is 37.5 Å². The lowest BCUT2D eigenvalue weighted by Gasteiger charge is -2.23. The molecule has 0 aliphatic carbocycles. The zero-order valence-corrected chi connectivity index (χ0v) is 13.1. The average Bonchev–Trinajstić information content (AvgIpc) is 2.18. The van der Waals surface area contributed by atoms with E-state index in [-0.39, 0.29) is 5.75 Å². The topological polar surface area (TPSA) is 54.4 Å². The van der Waals surface area contributed by atoms with Gasteiger partial charge in [0.15, 0.2) is 0 Å². The van der Waals surface area contributed by atoms with Crippen LogP contribution in [0, 0.1) is 0 Å². The minimum atomic E-state index is -2.94. The number of sulfone groups is 1. The Hall–Kier alpha value is -0.390. The van der Waals surface area contributed by atoms with Gasteiger partial charge < -0.3 is 5.11 Å². The molecule has 0 bridgehead atoms. The summed E-state index contributed by atoms with van der Waals surface area (Å²) in [7, 11) is -2.94. The summed E-state index contributed by atoms with van der Waals surface area (Å²) < 4.78 is 23.1. The average molecular weight is 335 g/mol. The lowest BCUT2D eigenvalue weighted by molar-refractivity contribution is 0.0508. The second kappa shape index (κ2) is 6.17. The Morgan fingerprint density at radius 3 is 2.33 bits per heavy atom. The van der Waals surface area contributed by atoms with Crippen LogP contribution in [0.5, 0.6) is 0 Å². The second-order valence-electron chi connectivity index (χ2n) is 5.03. The molecule has 5 heteroatoms. The van der Waals surface area contributed by atoms with E-state index >= 15 is 0 Å². The smallest absolute Gasteiger partial charge is 0.147 e.